The number of carbonyl (C=O) groups excluding carboxylic acids is 2. The summed E-state index contributed by atoms with van der Waals surface area (Å²) in [7, 11) is 0. The summed E-state index contributed by atoms with van der Waals surface area (Å²) in [5.74, 6) is -1.80. The SMILES string of the molecule is CCOCCCOC(=O)C(C)C(C)C(=O)OCCCOCC. The van der Waals surface area contributed by atoms with Crippen LogP contribution >= 0.6 is 0 Å². The van der Waals surface area contributed by atoms with Gasteiger partial charge in [-0.25, -0.2) is 0 Å². The standard InChI is InChI=1S/C16H30O6/c1-5-19-9-7-11-21-15(17)13(3)14(4)16(18)22-12-8-10-20-6-2/h13-14H,5-12H2,1-4H3. The van der Waals surface area contributed by atoms with E-state index in [-0.39, 0.29) is 11.9 Å². The smallest absolute Gasteiger partial charge is 0.309 e. The van der Waals surface area contributed by atoms with Gasteiger partial charge in [-0.15, -0.1) is 0 Å². The maximum atomic E-state index is 11.8. The van der Waals surface area contributed by atoms with Crippen LogP contribution in [0.5, 0.6) is 0 Å². The molecule has 0 aliphatic heterocycles. The van der Waals surface area contributed by atoms with Crippen LogP contribution in [0.15, 0.2) is 0 Å². The van der Waals surface area contributed by atoms with Crippen molar-refractivity contribution in [1.29, 1.82) is 0 Å². The molecule has 0 heterocycles. The Morgan fingerprint density at radius 1 is 0.727 bits per heavy atom. The lowest BCUT2D eigenvalue weighted by molar-refractivity contribution is -0.159. The number of esters is 2. The second-order valence-corrected chi connectivity index (χ2v) is 5.01. The summed E-state index contributed by atoms with van der Waals surface area (Å²) in [5.41, 5.74) is 0. The minimum Gasteiger partial charge on any atom is -0.465 e. The molecule has 2 atom stereocenters. The molecule has 0 bridgehead atoms. The van der Waals surface area contributed by atoms with Gasteiger partial charge in [0.05, 0.1) is 25.0 Å². The van der Waals surface area contributed by atoms with E-state index in [1.807, 2.05) is 13.8 Å². The van der Waals surface area contributed by atoms with Crippen molar-refractivity contribution in [2.24, 2.45) is 11.8 Å². The van der Waals surface area contributed by atoms with Gasteiger partial charge in [-0.3, -0.25) is 9.59 Å². The number of hydrogen-bond acceptors (Lipinski definition) is 6. The summed E-state index contributed by atoms with van der Waals surface area (Å²) in [6.07, 6.45) is 1.31. The largest absolute Gasteiger partial charge is 0.465 e. The molecule has 130 valence electrons. The highest BCUT2D eigenvalue weighted by Crippen LogP contribution is 2.15. The Hall–Kier alpha value is -1.14. The lowest BCUT2D eigenvalue weighted by atomic mass is 9.96. The van der Waals surface area contributed by atoms with Crippen molar-refractivity contribution < 1.29 is 28.5 Å². The first-order chi connectivity index (χ1) is 10.5. The summed E-state index contributed by atoms with van der Waals surface area (Å²) in [6.45, 7) is 10.2. The van der Waals surface area contributed by atoms with Crippen molar-refractivity contribution >= 4 is 11.9 Å². The Labute approximate surface area is 133 Å². The first-order valence-corrected chi connectivity index (χ1v) is 8.03. The third-order valence-corrected chi connectivity index (χ3v) is 3.26. The minimum absolute atomic E-state index is 0.305. The zero-order valence-corrected chi connectivity index (χ0v) is 14.3. The first kappa shape index (κ1) is 20.9. The molecular formula is C16H30O6. The van der Waals surface area contributed by atoms with Crippen LogP contribution in [0.25, 0.3) is 0 Å². The molecule has 0 radical (unpaired) electrons. The molecule has 0 spiro atoms. The molecule has 6 heteroatoms. The molecule has 0 saturated carbocycles. The first-order valence-electron chi connectivity index (χ1n) is 8.03. The fourth-order valence-corrected chi connectivity index (χ4v) is 1.63. The molecule has 0 aromatic carbocycles. The summed E-state index contributed by atoms with van der Waals surface area (Å²) in [5, 5.41) is 0. The van der Waals surface area contributed by atoms with E-state index in [1.54, 1.807) is 13.8 Å². The predicted molar refractivity (Wildman–Crippen MR) is 82.5 cm³/mol. The summed E-state index contributed by atoms with van der Waals surface area (Å²) >= 11 is 0. The summed E-state index contributed by atoms with van der Waals surface area (Å²) in [4.78, 5) is 23.7. The van der Waals surface area contributed by atoms with Crippen molar-refractivity contribution in [3.63, 3.8) is 0 Å². The molecule has 22 heavy (non-hydrogen) atoms. The molecule has 0 aliphatic rings. The molecule has 0 fully saturated rings. The molecule has 2 unspecified atom stereocenters. The highest BCUT2D eigenvalue weighted by Gasteiger charge is 2.28. The topological polar surface area (TPSA) is 71.1 Å². The zero-order chi connectivity index (χ0) is 16.8. The van der Waals surface area contributed by atoms with Crippen LogP contribution in [0.3, 0.4) is 0 Å². The van der Waals surface area contributed by atoms with Crippen LogP contribution in [0, 0.1) is 11.8 Å². The fraction of sp³-hybridized carbons (Fsp3) is 0.875. The average molecular weight is 318 g/mol. The Kier molecular flexibility index (Phi) is 12.8. The third-order valence-electron chi connectivity index (χ3n) is 3.26. The van der Waals surface area contributed by atoms with Gasteiger partial charge in [0.2, 0.25) is 0 Å². The van der Waals surface area contributed by atoms with Crippen LogP contribution in [-0.2, 0) is 28.5 Å². The van der Waals surface area contributed by atoms with E-state index < -0.39 is 11.8 Å². The fourth-order valence-electron chi connectivity index (χ4n) is 1.63. The predicted octanol–water partition coefficient (Wildman–Crippen LogP) is 2.20. The number of rotatable bonds is 13. The van der Waals surface area contributed by atoms with Gasteiger partial charge in [0.1, 0.15) is 0 Å². The molecule has 0 saturated heterocycles. The van der Waals surface area contributed by atoms with Crippen LogP contribution in [0.1, 0.15) is 40.5 Å². The summed E-state index contributed by atoms with van der Waals surface area (Å²) in [6, 6.07) is 0. The van der Waals surface area contributed by atoms with Gasteiger partial charge in [-0.05, 0) is 13.8 Å². The van der Waals surface area contributed by atoms with Crippen molar-refractivity contribution in [2.75, 3.05) is 39.6 Å². The summed E-state index contributed by atoms with van der Waals surface area (Å²) < 4.78 is 20.6. The van der Waals surface area contributed by atoms with Gasteiger partial charge >= 0.3 is 11.9 Å². The van der Waals surface area contributed by atoms with E-state index in [0.29, 0.717) is 52.5 Å². The molecular weight excluding hydrogens is 288 g/mol. The minimum atomic E-state index is -0.522. The molecule has 0 aromatic rings. The Bertz CT molecular complexity index is 275. The third kappa shape index (κ3) is 9.73. The normalized spacial score (nSPS) is 13.5. The second-order valence-electron chi connectivity index (χ2n) is 5.01. The quantitative estimate of drug-likeness (QED) is 0.383. The Balaban J connectivity index is 3.88. The lowest BCUT2D eigenvalue weighted by Gasteiger charge is -2.17. The number of carbonyl (C=O) groups is 2. The maximum Gasteiger partial charge on any atom is 0.309 e. The van der Waals surface area contributed by atoms with E-state index in [2.05, 4.69) is 0 Å². The van der Waals surface area contributed by atoms with E-state index in [1.165, 1.54) is 0 Å². The molecule has 0 N–H and O–H groups in total. The Morgan fingerprint density at radius 3 is 1.41 bits per heavy atom. The Morgan fingerprint density at radius 2 is 1.09 bits per heavy atom. The highest BCUT2D eigenvalue weighted by molar-refractivity contribution is 5.81. The number of hydrogen-bond donors (Lipinski definition) is 0. The van der Waals surface area contributed by atoms with Crippen molar-refractivity contribution in [3.8, 4) is 0 Å². The van der Waals surface area contributed by atoms with Gasteiger partial charge in [0.25, 0.3) is 0 Å². The number of ether oxygens (including phenoxy) is 4. The molecule has 0 aliphatic carbocycles. The molecule has 0 aromatic heterocycles. The van der Waals surface area contributed by atoms with Gasteiger partial charge in [0, 0.05) is 39.3 Å². The van der Waals surface area contributed by atoms with Crippen LogP contribution in [0.4, 0.5) is 0 Å². The van der Waals surface area contributed by atoms with Crippen molar-refractivity contribution in [2.45, 2.75) is 40.5 Å². The van der Waals surface area contributed by atoms with E-state index in [4.69, 9.17) is 18.9 Å². The maximum absolute atomic E-state index is 11.8. The zero-order valence-electron chi connectivity index (χ0n) is 14.3. The van der Waals surface area contributed by atoms with Crippen LogP contribution in [0.2, 0.25) is 0 Å². The van der Waals surface area contributed by atoms with Crippen LogP contribution < -0.4 is 0 Å². The monoisotopic (exact) mass is 318 g/mol. The van der Waals surface area contributed by atoms with Crippen molar-refractivity contribution in [3.05, 3.63) is 0 Å². The average Bonchev–Trinajstić information content (AvgIpc) is 2.52. The molecule has 0 amide bonds. The van der Waals surface area contributed by atoms with E-state index >= 15 is 0 Å². The van der Waals surface area contributed by atoms with Crippen LogP contribution in [-0.4, -0.2) is 51.6 Å². The van der Waals surface area contributed by atoms with Gasteiger partial charge < -0.3 is 18.9 Å². The van der Waals surface area contributed by atoms with E-state index in [9.17, 15) is 9.59 Å². The van der Waals surface area contributed by atoms with Gasteiger partial charge in [0.15, 0.2) is 0 Å². The second kappa shape index (κ2) is 13.5. The van der Waals surface area contributed by atoms with Crippen molar-refractivity contribution in [1.82, 2.24) is 0 Å². The highest BCUT2D eigenvalue weighted by atomic mass is 16.5. The molecule has 0 rings (SSSR count). The lowest BCUT2D eigenvalue weighted by Crippen LogP contribution is -2.29. The van der Waals surface area contributed by atoms with E-state index in [0.717, 1.165) is 0 Å². The van der Waals surface area contributed by atoms with Gasteiger partial charge in [-0.2, -0.15) is 0 Å². The van der Waals surface area contributed by atoms with Gasteiger partial charge in [-0.1, -0.05) is 13.8 Å². The molecule has 6 nitrogen and oxygen atoms in total.